The quantitative estimate of drug-likeness (QED) is 0.494. The number of rotatable bonds is 11. The van der Waals surface area contributed by atoms with Crippen LogP contribution in [0.1, 0.15) is 51.0 Å². The molecule has 1 rings (SSSR count). The largest absolute Gasteiger partial charge is 0.508 e. The second kappa shape index (κ2) is 9.69. The Morgan fingerprint density at radius 2 is 1.77 bits per heavy atom. The van der Waals surface area contributed by atoms with Gasteiger partial charge in [0, 0.05) is 5.56 Å². The number of hydrogen-bond acceptors (Lipinski definition) is 5. The molecule has 126 valence electrons. The van der Waals surface area contributed by atoms with Crippen LogP contribution < -0.4 is 4.74 Å². The molecule has 0 aliphatic carbocycles. The van der Waals surface area contributed by atoms with E-state index in [1.165, 1.54) is 25.3 Å². The van der Waals surface area contributed by atoms with Crippen LogP contribution in [0.15, 0.2) is 18.2 Å². The van der Waals surface area contributed by atoms with Gasteiger partial charge >= 0.3 is 10.1 Å². The maximum atomic E-state index is 11.7. The number of aromatic hydroxyl groups is 1. The monoisotopic (exact) mass is 330 g/mol. The van der Waals surface area contributed by atoms with Gasteiger partial charge in [-0.05, 0) is 25.5 Å². The van der Waals surface area contributed by atoms with Crippen molar-refractivity contribution in [1.82, 2.24) is 0 Å². The van der Waals surface area contributed by atoms with Crippen molar-refractivity contribution < 1.29 is 22.4 Å². The summed E-state index contributed by atoms with van der Waals surface area (Å²) >= 11 is 0. The number of phenols is 1. The van der Waals surface area contributed by atoms with E-state index in [-0.39, 0.29) is 12.4 Å². The first kappa shape index (κ1) is 18.8. The number of unbranched alkanes of at least 4 members (excludes halogenated alkanes) is 5. The number of benzene rings is 1. The van der Waals surface area contributed by atoms with Crippen LogP contribution in [-0.2, 0) is 14.3 Å². The van der Waals surface area contributed by atoms with Crippen molar-refractivity contribution >= 4 is 10.1 Å². The highest BCUT2D eigenvalue weighted by atomic mass is 32.2. The van der Waals surface area contributed by atoms with Crippen LogP contribution >= 0.6 is 0 Å². The van der Waals surface area contributed by atoms with Crippen molar-refractivity contribution in [1.29, 1.82) is 0 Å². The molecule has 0 unspecified atom stereocenters. The molecule has 0 saturated carbocycles. The maximum Gasteiger partial charge on any atom is 0.303 e. The van der Waals surface area contributed by atoms with Crippen molar-refractivity contribution in [2.45, 2.75) is 52.4 Å². The summed E-state index contributed by atoms with van der Waals surface area (Å²) in [5.41, 5.74) is 0.508. The SMILES string of the molecule is CCCCCCCCOS(=O)(=O)COc1cccc(O)c1C. The Hall–Kier alpha value is -1.27. The normalized spacial score (nSPS) is 11.5. The summed E-state index contributed by atoms with van der Waals surface area (Å²) in [5, 5.41) is 9.53. The van der Waals surface area contributed by atoms with E-state index in [2.05, 4.69) is 6.92 Å². The van der Waals surface area contributed by atoms with Gasteiger partial charge in [-0.15, -0.1) is 0 Å². The molecule has 0 aliphatic rings. The van der Waals surface area contributed by atoms with Gasteiger partial charge in [0.1, 0.15) is 11.5 Å². The molecular weight excluding hydrogens is 304 g/mol. The zero-order valence-corrected chi connectivity index (χ0v) is 14.2. The van der Waals surface area contributed by atoms with Gasteiger partial charge in [0.2, 0.25) is 5.94 Å². The van der Waals surface area contributed by atoms with Gasteiger partial charge in [-0.25, -0.2) is 0 Å². The summed E-state index contributed by atoms with van der Waals surface area (Å²) < 4.78 is 33.6. The molecule has 22 heavy (non-hydrogen) atoms. The van der Waals surface area contributed by atoms with E-state index in [0.717, 1.165) is 19.3 Å². The average molecular weight is 330 g/mol. The van der Waals surface area contributed by atoms with Gasteiger partial charge in [-0.1, -0.05) is 45.1 Å². The van der Waals surface area contributed by atoms with Crippen LogP contribution in [0.2, 0.25) is 0 Å². The van der Waals surface area contributed by atoms with E-state index in [4.69, 9.17) is 8.92 Å². The first-order valence-corrected chi connectivity index (χ1v) is 9.32. The van der Waals surface area contributed by atoms with E-state index in [0.29, 0.717) is 11.3 Å². The van der Waals surface area contributed by atoms with Crippen LogP contribution in [0, 0.1) is 6.92 Å². The van der Waals surface area contributed by atoms with Crippen LogP contribution in [0.3, 0.4) is 0 Å². The first-order chi connectivity index (χ1) is 10.5. The number of ether oxygens (including phenoxy) is 1. The molecule has 0 aromatic heterocycles. The smallest absolute Gasteiger partial charge is 0.303 e. The molecule has 0 fully saturated rings. The minimum absolute atomic E-state index is 0.0721. The van der Waals surface area contributed by atoms with E-state index < -0.39 is 16.1 Å². The lowest BCUT2D eigenvalue weighted by Gasteiger charge is -2.10. The molecule has 0 heterocycles. The Labute approximate surface area is 133 Å². The topological polar surface area (TPSA) is 72.8 Å². The molecule has 0 atom stereocenters. The number of hydrogen-bond donors (Lipinski definition) is 1. The highest BCUT2D eigenvalue weighted by molar-refractivity contribution is 7.86. The summed E-state index contributed by atoms with van der Waals surface area (Å²) in [7, 11) is -3.71. The predicted octanol–water partition coefficient (Wildman–Crippen LogP) is 3.74. The Bertz CT molecular complexity index is 539. The Morgan fingerprint density at radius 1 is 1.09 bits per heavy atom. The maximum absolute atomic E-state index is 11.7. The van der Waals surface area contributed by atoms with Crippen molar-refractivity contribution in [3.05, 3.63) is 23.8 Å². The molecule has 0 aliphatic heterocycles. The third-order valence-electron chi connectivity index (χ3n) is 3.38. The van der Waals surface area contributed by atoms with Gasteiger partial charge in [-0.3, -0.25) is 4.18 Å². The van der Waals surface area contributed by atoms with Crippen molar-refractivity contribution in [3.63, 3.8) is 0 Å². The molecule has 1 N–H and O–H groups in total. The molecule has 0 radical (unpaired) electrons. The molecule has 0 spiro atoms. The minimum atomic E-state index is -3.71. The fourth-order valence-corrected chi connectivity index (χ4v) is 2.71. The average Bonchev–Trinajstić information content (AvgIpc) is 2.48. The second-order valence-electron chi connectivity index (χ2n) is 5.31. The van der Waals surface area contributed by atoms with Crippen LogP contribution in [0.5, 0.6) is 11.5 Å². The highest BCUT2D eigenvalue weighted by Crippen LogP contribution is 2.26. The molecule has 0 saturated heterocycles. The Kier molecular flexibility index (Phi) is 8.27. The molecule has 6 heteroatoms. The van der Waals surface area contributed by atoms with Crippen molar-refractivity contribution in [2.75, 3.05) is 12.5 Å². The van der Waals surface area contributed by atoms with Gasteiger partial charge in [0.05, 0.1) is 6.61 Å². The number of phenolic OH excluding ortho intramolecular Hbond substituents is 1. The van der Waals surface area contributed by atoms with Crippen LogP contribution in [-0.4, -0.2) is 26.1 Å². The molecular formula is C16H26O5S. The van der Waals surface area contributed by atoms with E-state index >= 15 is 0 Å². The van der Waals surface area contributed by atoms with Crippen LogP contribution in [0.25, 0.3) is 0 Å². The van der Waals surface area contributed by atoms with E-state index in [1.807, 2.05) is 0 Å². The molecule has 1 aromatic carbocycles. The molecule has 0 amide bonds. The lowest BCUT2D eigenvalue weighted by atomic mass is 10.1. The zero-order chi connectivity index (χ0) is 16.4. The predicted molar refractivity (Wildman–Crippen MR) is 86.6 cm³/mol. The zero-order valence-electron chi connectivity index (χ0n) is 13.4. The third kappa shape index (κ3) is 7.13. The lowest BCUT2D eigenvalue weighted by Crippen LogP contribution is -2.16. The van der Waals surface area contributed by atoms with Crippen molar-refractivity contribution in [2.24, 2.45) is 0 Å². The fourth-order valence-electron chi connectivity index (χ4n) is 2.00. The van der Waals surface area contributed by atoms with Crippen LogP contribution in [0.4, 0.5) is 0 Å². The third-order valence-corrected chi connectivity index (χ3v) is 4.31. The summed E-state index contributed by atoms with van der Waals surface area (Å²) in [6, 6.07) is 4.73. The van der Waals surface area contributed by atoms with Gasteiger partial charge in [0.25, 0.3) is 0 Å². The standard InChI is InChI=1S/C16H26O5S/c1-3-4-5-6-7-8-12-21-22(18,19)13-20-16-11-9-10-15(17)14(16)2/h9-11,17H,3-8,12-13H2,1-2H3. The fraction of sp³-hybridized carbons (Fsp3) is 0.625. The molecule has 5 nitrogen and oxygen atoms in total. The van der Waals surface area contributed by atoms with Gasteiger partial charge in [-0.2, -0.15) is 8.42 Å². The first-order valence-electron chi connectivity index (χ1n) is 7.74. The molecule has 1 aromatic rings. The Morgan fingerprint density at radius 3 is 2.50 bits per heavy atom. The summed E-state index contributed by atoms with van der Waals surface area (Å²) in [6.45, 7) is 4.01. The van der Waals surface area contributed by atoms with Gasteiger partial charge in [0.15, 0.2) is 0 Å². The summed E-state index contributed by atoms with van der Waals surface area (Å²) in [6.07, 6.45) is 6.41. The van der Waals surface area contributed by atoms with Gasteiger partial charge < -0.3 is 9.84 Å². The highest BCUT2D eigenvalue weighted by Gasteiger charge is 2.13. The second-order valence-corrected chi connectivity index (χ2v) is 6.90. The van der Waals surface area contributed by atoms with E-state index in [1.54, 1.807) is 19.1 Å². The minimum Gasteiger partial charge on any atom is -0.508 e. The lowest BCUT2D eigenvalue weighted by molar-refractivity contribution is 0.278. The summed E-state index contributed by atoms with van der Waals surface area (Å²) in [5.74, 6) is -0.137. The molecule has 0 bridgehead atoms. The Balaban J connectivity index is 2.28. The summed E-state index contributed by atoms with van der Waals surface area (Å²) in [4.78, 5) is 0. The van der Waals surface area contributed by atoms with Crippen molar-refractivity contribution in [3.8, 4) is 11.5 Å². The van der Waals surface area contributed by atoms with E-state index in [9.17, 15) is 13.5 Å².